The summed E-state index contributed by atoms with van der Waals surface area (Å²) in [4.78, 5) is 24.4. The SMILES string of the molecule is CC(Nc1n[nH]c(=O)[nH]c1=O)c1cccc(N)c1. The van der Waals surface area contributed by atoms with Crippen molar-refractivity contribution in [2.75, 3.05) is 11.1 Å². The van der Waals surface area contributed by atoms with Crippen LogP contribution in [0.3, 0.4) is 0 Å². The number of nitrogens with two attached hydrogens (primary N) is 1. The van der Waals surface area contributed by atoms with E-state index in [1.807, 2.05) is 19.1 Å². The van der Waals surface area contributed by atoms with Crippen molar-refractivity contribution < 1.29 is 0 Å². The number of benzene rings is 1. The Labute approximate surface area is 102 Å². The predicted molar refractivity (Wildman–Crippen MR) is 68.4 cm³/mol. The number of nitrogens with zero attached hydrogens (tertiary/aromatic N) is 1. The molecule has 7 heteroatoms. The molecule has 0 aliphatic heterocycles. The number of hydrogen-bond acceptors (Lipinski definition) is 5. The highest BCUT2D eigenvalue weighted by molar-refractivity contribution is 5.44. The van der Waals surface area contributed by atoms with Crippen LogP contribution in [0.15, 0.2) is 33.9 Å². The average Bonchev–Trinajstić information content (AvgIpc) is 2.32. The van der Waals surface area contributed by atoms with E-state index in [4.69, 9.17) is 5.73 Å². The van der Waals surface area contributed by atoms with Gasteiger partial charge in [0, 0.05) is 5.69 Å². The Morgan fingerprint density at radius 1 is 1.39 bits per heavy atom. The van der Waals surface area contributed by atoms with Crippen molar-refractivity contribution in [2.24, 2.45) is 0 Å². The van der Waals surface area contributed by atoms with Crippen molar-refractivity contribution in [2.45, 2.75) is 13.0 Å². The predicted octanol–water partition coefficient (Wildman–Crippen LogP) is 0.213. The Morgan fingerprint density at radius 2 is 2.17 bits per heavy atom. The molecule has 0 spiro atoms. The third-order valence-corrected chi connectivity index (χ3v) is 2.48. The molecule has 0 aliphatic rings. The number of nitrogens with one attached hydrogen (secondary N) is 3. The lowest BCUT2D eigenvalue weighted by Gasteiger charge is -2.14. The van der Waals surface area contributed by atoms with E-state index < -0.39 is 11.2 Å². The summed E-state index contributed by atoms with van der Waals surface area (Å²) in [5.74, 6) is 0.0597. The molecule has 2 rings (SSSR count). The van der Waals surface area contributed by atoms with Gasteiger partial charge in [-0.3, -0.25) is 9.78 Å². The molecule has 0 saturated heterocycles. The lowest BCUT2D eigenvalue weighted by Crippen LogP contribution is -2.27. The zero-order chi connectivity index (χ0) is 13.1. The first kappa shape index (κ1) is 11.9. The molecular formula is C11H13N5O2. The molecule has 1 heterocycles. The highest BCUT2D eigenvalue weighted by Gasteiger charge is 2.09. The Morgan fingerprint density at radius 3 is 2.83 bits per heavy atom. The summed E-state index contributed by atoms with van der Waals surface area (Å²) < 4.78 is 0. The maximum Gasteiger partial charge on any atom is 0.342 e. The number of nitrogen functional groups attached to an aromatic ring is 1. The second-order valence-corrected chi connectivity index (χ2v) is 3.89. The minimum absolute atomic E-state index is 0.0597. The summed E-state index contributed by atoms with van der Waals surface area (Å²) in [5.41, 5.74) is 6.05. The smallest absolute Gasteiger partial charge is 0.342 e. The van der Waals surface area contributed by atoms with Crippen LogP contribution in [0.4, 0.5) is 11.5 Å². The third-order valence-electron chi connectivity index (χ3n) is 2.48. The van der Waals surface area contributed by atoms with Gasteiger partial charge in [-0.15, -0.1) is 5.10 Å². The molecule has 7 nitrogen and oxygen atoms in total. The van der Waals surface area contributed by atoms with Gasteiger partial charge in [0.2, 0.25) is 5.82 Å². The van der Waals surface area contributed by atoms with Gasteiger partial charge in [-0.25, -0.2) is 9.89 Å². The van der Waals surface area contributed by atoms with Crippen molar-refractivity contribution in [3.8, 4) is 0 Å². The summed E-state index contributed by atoms with van der Waals surface area (Å²) in [6.45, 7) is 1.86. The Bertz CT molecular complexity index is 661. The largest absolute Gasteiger partial charge is 0.399 e. The number of rotatable bonds is 3. The van der Waals surface area contributed by atoms with Crippen molar-refractivity contribution in [1.82, 2.24) is 15.2 Å². The van der Waals surface area contributed by atoms with E-state index in [9.17, 15) is 9.59 Å². The van der Waals surface area contributed by atoms with Crippen LogP contribution in [0.1, 0.15) is 18.5 Å². The van der Waals surface area contributed by atoms with E-state index in [0.29, 0.717) is 5.69 Å². The van der Waals surface area contributed by atoms with E-state index in [-0.39, 0.29) is 11.9 Å². The molecule has 1 unspecified atom stereocenters. The summed E-state index contributed by atoms with van der Waals surface area (Å²) in [7, 11) is 0. The molecule has 1 aromatic heterocycles. The van der Waals surface area contributed by atoms with Crippen LogP contribution < -0.4 is 22.3 Å². The van der Waals surface area contributed by atoms with Crippen LogP contribution in [0.25, 0.3) is 0 Å². The molecule has 0 bridgehead atoms. The third kappa shape index (κ3) is 2.57. The number of aromatic nitrogens is 3. The Hall–Kier alpha value is -2.57. The normalized spacial score (nSPS) is 12.1. The van der Waals surface area contributed by atoms with E-state index in [0.717, 1.165) is 5.56 Å². The maximum atomic E-state index is 11.4. The van der Waals surface area contributed by atoms with Crippen LogP contribution >= 0.6 is 0 Å². The number of hydrogen-bond donors (Lipinski definition) is 4. The zero-order valence-electron chi connectivity index (χ0n) is 9.73. The summed E-state index contributed by atoms with van der Waals surface area (Å²) in [6, 6.07) is 7.13. The van der Waals surface area contributed by atoms with E-state index >= 15 is 0 Å². The van der Waals surface area contributed by atoms with Gasteiger partial charge in [0.15, 0.2) is 0 Å². The molecular weight excluding hydrogens is 234 g/mol. The monoisotopic (exact) mass is 247 g/mol. The second-order valence-electron chi connectivity index (χ2n) is 3.89. The van der Waals surface area contributed by atoms with Gasteiger partial charge in [0.1, 0.15) is 0 Å². The lowest BCUT2D eigenvalue weighted by atomic mass is 10.1. The molecule has 0 radical (unpaired) electrons. The Balaban J connectivity index is 2.24. The molecule has 0 aliphatic carbocycles. The second kappa shape index (κ2) is 4.74. The van der Waals surface area contributed by atoms with Gasteiger partial charge in [-0.1, -0.05) is 12.1 Å². The maximum absolute atomic E-state index is 11.4. The fourth-order valence-electron chi connectivity index (χ4n) is 1.56. The molecule has 1 atom stereocenters. The molecule has 5 N–H and O–H groups in total. The standard InChI is InChI=1S/C11H13N5O2/c1-6(7-3-2-4-8(12)5-7)13-9-10(17)14-11(18)16-15-9/h2-6H,12H2,1H3,(H,13,15)(H2,14,16,17,18). The quantitative estimate of drug-likeness (QED) is 0.578. The minimum atomic E-state index is -0.637. The first-order chi connectivity index (χ1) is 8.56. The molecule has 0 saturated carbocycles. The first-order valence-corrected chi connectivity index (χ1v) is 5.37. The number of anilines is 2. The van der Waals surface area contributed by atoms with Crippen LogP contribution in [-0.4, -0.2) is 15.2 Å². The average molecular weight is 247 g/mol. The van der Waals surface area contributed by atoms with E-state index in [1.165, 1.54) is 0 Å². The minimum Gasteiger partial charge on any atom is -0.399 e. The van der Waals surface area contributed by atoms with Crippen molar-refractivity contribution in [1.29, 1.82) is 0 Å². The molecule has 1 aromatic carbocycles. The first-order valence-electron chi connectivity index (χ1n) is 5.37. The van der Waals surface area contributed by atoms with Gasteiger partial charge >= 0.3 is 5.69 Å². The van der Waals surface area contributed by atoms with Crippen LogP contribution in [0, 0.1) is 0 Å². The fourth-order valence-corrected chi connectivity index (χ4v) is 1.56. The van der Waals surface area contributed by atoms with E-state index in [2.05, 4.69) is 20.5 Å². The van der Waals surface area contributed by atoms with Gasteiger partial charge < -0.3 is 11.1 Å². The molecule has 94 valence electrons. The van der Waals surface area contributed by atoms with E-state index in [1.54, 1.807) is 12.1 Å². The molecule has 18 heavy (non-hydrogen) atoms. The zero-order valence-corrected chi connectivity index (χ0v) is 9.73. The highest BCUT2D eigenvalue weighted by Crippen LogP contribution is 2.17. The Kier molecular flexibility index (Phi) is 3.13. The topological polar surface area (TPSA) is 117 Å². The fraction of sp³-hybridized carbons (Fsp3) is 0.182. The molecule has 0 amide bonds. The van der Waals surface area contributed by atoms with Gasteiger partial charge in [-0.05, 0) is 24.6 Å². The summed E-state index contributed by atoms with van der Waals surface area (Å²) in [5, 5.41) is 8.70. The summed E-state index contributed by atoms with van der Waals surface area (Å²) >= 11 is 0. The van der Waals surface area contributed by atoms with Crippen molar-refractivity contribution in [3.63, 3.8) is 0 Å². The summed E-state index contributed by atoms with van der Waals surface area (Å²) in [6.07, 6.45) is 0. The van der Waals surface area contributed by atoms with Gasteiger partial charge in [0.05, 0.1) is 6.04 Å². The highest BCUT2D eigenvalue weighted by atomic mass is 16.2. The lowest BCUT2D eigenvalue weighted by molar-refractivity contribution is 0.826. The van der Waals surface area contributed by atoms with Crippen LogP contribution in [-0.2, 0) is 0 Å². The van der Waals surface area contributed by atoms with Crippen molar-refractivity contribution in [3.05, 3.63) is 50.7 Å². The van der Waals surface area contributed by atoms with Crippen LogP contribution in [0.5, 0.6) is 0 Å². The van der Waals surface area contributed by atoms with Crippen LogP contribution in [0.2, 0.25) is 0 Å². The molecule has 2 aromatic rings. The van der Waals surface area contributed by atoms with Gasteiger partial charge in [0.25, 0.3) is 5.56 Å². The van der Waals surface area contributed by atoms with Crippen molar-refractivity contribution >= 4 is 11.5 Å². The molecule has 0 fully saturated rings. The number of aromatic amines is 2. The van der Waals surface area contributed by atoms with Gasteiger partial charge in [-0.2, -0.15) is 0 Å². The number of H-pyrrole nitrogens is 2.